The number of nitrogens with two attached hydrogens (primary N) is 2. The Morgan fingerprint density at radius 3 is 2.18 bits per heavy atom. The van der Waals surface area contributed by atoms with Crippen LogP contribution >= 0.6 is 12.6 Å². The average molecular weight is 413 g/mol. The van der Waals surface area contributed by atoms with Crippen LogP contribution in [0.15, 0.2) is 24.3 Å². The molecule has 0 saturated carbocycles. The fourth-order valence-corrected chi connectivity index (χ4v) is 2.63. The number of aliphatic carboxylic acids is 1. The van der Waals surface area contributed by atoms with Gasteiger partial charge in [0, 0.05) is 12.2 Å². The summed E-state index contributed by atoms with van der Waals surface area (Å²) in [5.74, 6) is -2.18. The monoisotopic (exact) mass is 412 g/mol. The molecular formula is C18H28N4O5S. The first-order valence-corrected chi connectivity index (χ1v) is 9.59. The number of thiol groups is 1. The zero-order valence-electron chi connectivity index (χ0n) is 15.5. The Hall–Kier alpha value is -2.30. The van der Waals surface area contributed by atoms with Gasteiger partial charge in [-0.2, -0.15) is 12.6 Å². The third-order valence-electron chi connectivity index (χ3n) is 4.10. The van der Waals surface area contributed by atoms with Gasteiger partial charge in [-0.15, -0.1) is 0 Å². The van der Waals surface area contributed by atoms with Crippen LogP contribution in [0.4, 0.5) is 0 Å². The van der Waals surface area contributed by atoms with Gasteiger partial charge in [0.15, 0.2) is 0 Å². The Bertz CT molecular complexity index is 656. The second-order valence-corrected chi connectivity index (χ2v) is 6.77. The minimum atomic E-state index is -1.21. The van der Waals surface area contributed by atoms with Gasteiger partial charge in [0.2, 0.25) is 11.8 Å². The van der Waals surface area contributed by atoms with Crippen molar-refractivity contribution in [3.8, 4) is 5.75 Å². The number of aromatic hydroxyl groups is 1. The molecule has 0 saturated heterocycles. The molecule has 0 radical (unpaired) electrons. The van der Waals surface area contributed by atoms with Gasteiger partial charge in [-0.25, -0.2) is 4.79 Å². The minimum absolute atomic E-state index is 0.0287. The lowest BCUT2D eigenvalue weighted by Gasteiger charge is -2.22. The normalized spacial score (nSPS) is 14.0. The fraction of sp³-hybridized carbons (Fsp3) is 0.500. The summed E-state index contributed by atoms with van der Waals surface area (Å²) in [7, 11) is 0. The third-order valence-corrected chi connectivity index (χ3v) is 4.50. The van der Waals surface area contributed by atoms with Crippen LogP contribution < -0.4 is 22.1 Å². The quantitative estimate of drug-likeness (QED) is 0.177. The highest BCUT2D eigenvalue weighted by Gasteiger charge is 2.27. The van der Waals surface area contributed by atoms with E-state index in [1.54, 1.807) is 12.1 Å². The maximum Gasteiger partial charge on any atom is 0.326 e. The zero-order chi connectivity index (χ0) is 21.1. The SMILES string of the molecule is NCCCC[C@H](NC(=O)[C@@H](N)CS)C(=O)N[C@@H](Cc1ccc(O)cc1)C(=O)O. The third kappa shape index (κ3) is 8.15. The molecule has 156 valence electrons. The van der Waals surface area contributed by atoms with Gasteiger partial charge in [-0.05, 0) is 43.5 Å². The first kappa shape index (κ1) is 23.7. The van der Waals surface area contributed by atoms with Crippen LogP contribution in [0.1, 0.15) is 24.8 Å². The standard InChI is InChI=1S/C18H28N4O5S/c19-8-2-1-3-14(21-16(24)13(20)10-28)17(25)22-15(18(26)27)9-11-4-6-12(23)7-5-11/h4-7,13-15,23,28H,1-3,8-10,19-20H2,(H,21,24)(H,22,25)(H,26,27)/t13-,14-,15-/m0/s1. The van der Waals surface area contributed by atoms with Gasteiger partial charge >= 0.3 is 5.97 Å². The number of rotatable bonds is 12. The van der Waals surface area contributed by atoms with E-state index in [0.717, 1.165) is 0 Å². The largest absolute Gasteiger partial charge is 0.508 e. The molecule has 1 aromatic carbocycles. The molecule has 3 atom stereocenters. The van der Waals surface area contributed by atoms with Crippen LogP contribution in [0, 0.1) is 0 Å². The van der Waals surface area contributed by atoms with Gasteiger partial charge < -0.3 is 32.3 Å². The van der Waals surface area contributed by atoms with Crippen molar-refractivity contribution in [2.45, 2.75) is 43.8 Å². The summed E-state index contributed by atoms with van der Waals surface area (Å²) in [6.07, 6.45) is 1.58. The minimum Gasteiger partial charge on any atom is -0.508 e. The topological polar surface area (TPSA) is 168 Å². The highest BCUT2D eigenvalue weighted by molar-refractivity contribution is 7.80. The Morgan fingerprint density at radius 2 is 1.64 bits per heavy atom. The summed E-state index contributed by atoms with van der Waals surface area (Å²) in [5, 5.41) is 23.8. The van der Waals surface area contributed by atoms with E-state index < -0.39 is 35.9 Å². The Kier molecular flexibility index (Phi) is 10.4. The molecule has 0 aliphatic heterocycles. The van der Waals surface area contributed by atoms with Crippen molar-refractivity contribution >= 4 is 30.4 Å². The molecule has 0 aromatic heterocycles. The maximum atomic E-state index is 12.6. The van der Waals surface area contributed by atoms with E-state index in [2.05, 4.69) is 23.3 Å². The second kappa shape index (κ2) is 12.2. The Balaban J connectivity index is 2.83. The molecule has 0 aliphatic carbocycles. The van der Waals surface area contributed by atoms with Gasteiger partial charge in [0.05, 0.1) is 6.04 Å². The molecule has 0 aliphatic rings. The number of phenols is 1. The number of carbonyl (C=O) groups excluding carboxylic acids is 2. The summed E-state index contributed by atoms with van der Waals surface area (Å²) in [5.41, 5.74) is 11.7. The van der Waals surface area contributed by atoms with Crippen molar-refractivity contribution in [1.82, 2.24) is 10.6 Å². The maximum absolute atomic E-state index is 12.6. The molecule has 28 heavy (non-hydrogen) atoms. The smallest absolute Gasteiger partial charge is 0.326 e. The summed E-state index contributed by atoms with van der Waals surface area (Å²) in [6, 6.07) is 3.03. The molecular weight excluding hydrogens is 384 g/mol. The molecule has 0 fully saturated rings. The van der Waals surface area contributed by atoms with Gasteiger partial charge in [0.25, 0.3) is 0 Å². The molecule has 0 unspecified atom stereocenters. The predicted molar refractivity (Wildman–Crippen MR) is 108 cm³/mol. The van der Waals surface area contributed by atoms with E-state index in [1.165, 1.54) is 12.1 Å². The van der Waals surface area contributed by atoms with Crippen LogP contribution in [-0.4, -0.2) is 58.4 Å². The van der Waals surface area contributed by atoms with Crippen molar-refractivity contribution in [2.75, 3.05) is 12.3 Å². The van der Waals surface area contributed by atoms with E-state index in [-0.39, 0.29) is 17.9 Å². The Labute approximate surface area is 169 Å². The van der Waals surface area contributed by atoms with Crippen LogP contribution in [-0.2, 0) is 20.8 Å². The van der Waals surface area contributed by atoms with Crippen LogP contribution in [0.2, 0.25) is 0 Å². The van der Waals surface area contributed by atoms with Crippen LogP contribution in [0.5, 0.6) is 5.75 Å². The molecule has 10 heteroatoms. The van der Waals surface area contributed by atoms with Crippen molar-refractivity contribution < 1.29 is 24.6 Å². The lowest BCUT2D eigenvalue weighted by atomic mass is 10.0. The number of hydrogen-bond donors (Lipinski definition) is 7. The average Bonchev–Trinajstić information content (AvgIpc) is 2.67. The molecule has 0 bridgehead atoms. The molecule has 2 amide bonds. The number of carboxylic acids is 1. The van der Waals surface area contributed by atoms with Gasteiger partial charge in [-0.3, -0.25) is 9.59 Å². The van der Waals surface area contributed by atoms with Crippen molar-refractivity contribution in [1.29, 1.82) is 0 Å². The second-order valence-electron chi connectivity index (χ2n) is 6.40. The number of phenolic OH excluding ortho intramolecular Hbond substituents is 1. The molecule has 9 nitrogen and oxygen atoms in total. The lowest BCUT2D eigenvalue weighted by molar-refractivity contribution is -0.142. The van der Waals surface area contributed by atoms with E-state index >= 15 is 0 Å². The molecule has 8 N–H and O–H groups in total. The van der Waals surface area contributed by atoms with Crippen molar-refractivity contribution in [2.24, 2.45) is 11.5 Å². The summed E-state index contributed by atoms with van der Waals surface area (Å²) in [6.45, 7) is 0.442. The fourth-order valence-electron chi connectivity index (χ4n) is 2.46. The van der Waals surface area contributed by atoms with Crippen molar-refractivity contribution in [3.63, 3.8) is 0 Å². The number of carbonyl (C=O) groups is 3. The number of unbranched alkanes of at least 4 members (excludes halogenated alkanes) is 1. The van der Waals surface area contributed by atoms with E-state index in [1.807, 2.05) is 0 Å². The van der Waals surface area contributed by atoms with Crippen LogP contribution in [0.3, 0.4) is 0 Å². The summed E-state index contributed by atoms with van der Waals surface area (Å²) < 4.78 is 0. The highest BCUT2D eigenvalue weighted by Crippen LogP contribution is 2.12. The molecule has 1 rings (SSSR count). The van der Waals surface area contributed by atoms with E-state index in [9.17, 15) is 24.6 Å². The first-order valence-electron chi connectivity index (χ1n) is 8.96. The zero-order valence-corrected chi connectivity index (χ0v) is 16.4. The van der Waals surface area contributed by atoms with Gasteiger partial charge in [-0.1, -0.05) is 12.1 Å². The lowest BCUT2D eigenvalue weighted by Crippen LogP contribution is -2.55. The number of nitrogens with one attached hydrogen (secondary N) is 2. The number of hydrogen-bond acceptors (Lipinski definition) is 7. The number of amides is 2. The Morgan fingerprint density at radius 1 is 1.04 bits per heavy atom. The number of benzene rings is 1. The predicted octanol–water partition coefficient (Wildman–Crippen LogP) is -0.625. The van der Waals surface area contributed by atoms with Crippen LogP contribution in [0.25, 0.3) is 0 Å². The number of carboxylic acid groups (broad SMARTS) is 1. The van der Waals surface area contributed by atoms with Gasteiger partial charge in [0.1, 0.15) is 17.8 Å². The summed E-state index contributed by atoms with van der Waals surface area (Å²) in [4.78, 5) is 36.2. The molecule has 0 spiro atoms. The van der Waals surface area contributed by atoms with E-state index in [0.29, 0.717) is 31.4 Å². The summed E-state index contributed by atoms with van der Waals surface area (Å²) >= 11 is 3.96. The first-order chi connectivity index (χ1) is 13.3. The van der Waals surface area contributed by atoms with E-state index in [4.69, 9.17) is 11.5 Å². The molecule has 1 aromatic rings. The molecule has 0 heterocycles. The highest BCUT2D eigenvalue weighted by atomic mass is 32.1. The van der Waals surface area contributed by atoms with Crippen molar-refractivity contribution in [3.05, 3.63) is 29.8 Å².